The first kappa shape index (κ1) is 13.1. The number of imide groups is 1. The van der Waals surface area contributed by atoms with Crippen molar-refractivity contribution in [2.24, 2.45) is 5.41 Å². The summed E-state index contributed by atoms with van der Waals surface area (Å²) in [6.07, 6.45) is 7.55. The fraction of sp³-hybridized carbons (Fsp3) is 0.867. The van der Waals surface area contributed by atoms with E-state index in [-0.39, 0.29) is 23.3 Å². The predicted molar refractivity (Wildman–Crippen MR) is 72.5 cm³/mol. The fourth-order valence-electron chi connectivity index (χ4n) is 4.24. The molecule has 2 atom stereocenters. The molecule has 1 N–H and O–H groups in total. The van der Waals surface area contributed by atoms with Crippen LogP contribution in [0.1, 0.15) is 58.3 Å². The number of piperidine rings is 2. The van der Waals surface area contributed by atoms with Gasteiger partial charge in [0.2, 0.25) is 11.8 Å². The number of hydrogen-bond donors (Lipinski definition) is 1. The van der Waals surface area contributed by atoms with Crippen LogP contribution < -0.4 is 5.32 Å². The van der Waals surface area contributed by atoms with E-state index in [0.29, 0.717) is 18.9 Å². The van der Waals surface area contributed by atoms with Crippen LogP contribution in [0.3, 0.4) is 0 Å². The van der Waals surface area contributed by atoms with Crippen molar-refractivity contribution in [1.82, 2.24) is 10.2 Å². The highest BCUT2D eigenvalue weighted by atomic mass is 16.2. The van der Waals surface area contributed by atoms with Gasteiger partial charge in [0.1, 0.15) is 0 Å². The smallest absolute Gasteiger partial charge is 0.229 e. The van der Waals surface area contributed by atoms with Crippen molar-refractivity contribution < 1.29 is 9.59 Å². The van der Waals surface area contributed by atoms with Crippen molar-refractivity contribution in [3.63, 3.8) is 0 Å². The van der Waals surface area contributed by atoms with E-state index in [1.54, 1.807) is 4.90 Å². The van der Waals surface area contributed by atoms with Gasteiger partial charge in [0.25, 0.3) is 0 Å². The number of rotatable bonds is 1. The van der Waals surface area contributed by atoms with Crippen LogP contribution in [0.25, 0.3) is 0 Å². The number of amides is 2. The van der Waals surface area contributed by atoms with Crippen molar-refractivity contribution in [2.45, 2.75) is 70.4 Å². The molecule has 4 nitrogen and oxygen atoms in total. The maximum absolute atomic E-state index is 12.5. The van der Waals surface area contributed by atoms with E-state index in [1.807, 2.05) is 0 Å². The molecule has 0 aromatic heterocycles. The zero-order valence-corrected chi connectivity index (χ0v) is 11.8. The summed E-state index contributed by atoms with van der Waals surface area (Å²) in [7, 11) is 0. The molecule has 0 bridgehead atoms. The maximum atomic E-state index is 12.5. The monoisotopic (exact) mass is 264 g/mol. The second-order valence-corrected chi connectivity index (χ2v) is 6.75. The Morgan fingerprint density at radius 3 is 2.37 bits per heavy atom. The van der Waals surface area contributed by atoms with Crippen LogP contribution in [0, 0.1) is 5.41 Å². The molecule has 2 heterocycles. The number of likely N-dealkylation sites (tertiary alicyclic amines) is 1. The Bertz CT molecular complexity index is 368. The molecule has 0 aromatic carbocycles. The lowest BCUT2D eigenvalue weighted by molar-refractivity contribution is -0.157. The molecule has 4 heteroatoms. The van der Waals surface area contributed by atoms with Crippen molar-refractivity contribution in [3.8, 4) is 0 Å². The van der Waals surface area contributed by atoms with Crippen molar-refractivity contribution in [2.75, 3.05) is 6.54 Å². The normalized spacial score (nSPS) is 35.1. The average molecular weight is 264 g/mol. The quantitative estimate of drug-likeness (QED) is 0.735. The number of nitrogens with one attached hydrogen (secondary N) is 1. The molecule has 1 saturated carbocycles. The molecule has 3 aliphatic rings. The summed E-state index contributed by atoms with van der Waals surface area (Å²) >= 11 is 0. The minimum atomic E-state index is 0.0310. The highest BCUT2D eigenvalue weighted by Crippen LogP contribution is 2.47. The number of carbonyl (C=O) groups is 2. The molecule has 19 heavy (non-hydrogen) atoms. The first-order valence-corrected chi connectivity index (χ1v) is 7.68. The Labute approximate surface area is 114 Å². The summed E-state index contributed by atoms with van der Waals surface area (Å²) in [5.41, 5.74) is 0.0310. The third-order valence-electron chi connectivity index (χ3n) is 5.22. The van der Waals surface area contributed by atoms with E-state index < -0.39 is 0 Å². The van der Waals surface area contributed by atoms with Crippen LogP contribution in [0.15, 0.2) is 0 Å². The SMILES string of the molecule is CC1CC(N2C(=O)CC3(CCCC3)CC2=O)CCN1. The van der Waals surface area contributed by atoms with E-state index in [9.17, 15) is 9.59 Å². The summed E-state index contributed by atoms with van der Waals surface area (Å²) in [5, 5.41) is 3.38. The van der Waals surface area contributed by atoms with Crippen LogP contribution in [0.4, 0.5) is 0 Å². The van der Waals surface area contributed by atoms with Gasteiger partial charge in [-0.25, -0.2) is 0 Å². The van der Waals surface area contributed by atoms with Crippen molar-refractivity contribution in [3.05, 3.63) is 0 Å². The summed E-state index contributed by atoms with van der Waals surface area (Å²) in [4.78, 5) is 26.5. The molecule has 1 aliphatic carbocycles. The van der Waals surface area contributed by atoms with Crippen LogP contribution in [-0.2, 0) is 9.59 Å². The molecule has 2 aliphatic heterocycles. The second kappa shape index (κ2) is 4.89. The van der Waals surface area contributed by atoms with Gasteiger partial charge in [0, 0.05) is 24.9 Å². The molecule has 3 rings (SSSR count). The van der Waals surface area contributed by atoms with Gasteiger partial charge in [-0.15, -0.1) is 0 Å². The minimum Gasteiger partial charge on any atom is -0.314 e. The summed E-state index contributed by atoms with van der Waals surface area (Å²) in [6.45, 7) is 3.04. The van der Waals surface area contributed by atoms with Crippen molar-refractivity contribution in [1.29, 1.82) is 0 Å². The van der Waals surface area contributed by atoms with E-state index in [4.69, 9.17) is 0 Å². The van der Waals surface area contributed by atoms with E-state index in [2.05, 4.69) is 12.2 Å². The Kier molecular flexibility index (Phi) is 3.37. The van der Waals surface area contributed by atoms with Gasteiger partial charge in [-0.05, 0) is 44.6 Å². The van der Waals surface area contributed by atoms with E-state index in [1.165, 1.54) is 12.8 Å². The molecule has 2 saturated heterocycles. The van der Waals surface area contributed by atoms with Gasteiger partial charge in [-0.2, -0.15) is 0 Å². The zero-order valence-electron chi connectivity index (χ0n) is 11.8. The molecular weight excluding hydrogens is 240 g/mol. The van der Waals surface area contributed by atoms with Gasteiger partial charge in [-0.1, -0.05) is 12.8 Å². The van der Waals surface area contributed by atoms with Crippen LogP contribution in [0.2, 0.25) is 0 Å². The first-order valence-electron chi connectivity index (χ1n) is 7.68. The zero-order chi connectivity index (χ0) is 13.5. The Morgan fingerprint density at radius 2 is 1.79 bits per heavy atom. The predicted octanol–water partition coefficient (Wildman–Crippen LogP) is 1.84. The fourth-order valence-corrected chi connectivity index (χ4v) is 4.24. The van der Waals surface area contributed by atoms with E-state index >= 15 is 0 Å². The number of carbonyl (C=O) groups excluding carboxylic acids is 2. The molecule has 0 radical (unpaired) electrons. The maximum Gasteiger partial charge on any atom is 0.229 e. The molecule has 0 aromatic rings. The van der Waals surface area contributed by atoms with Gasteiger partial charge >= 0.3 is 0 Å². The standard InChI is InChI=1S/C15H24N2O2/c1-11-8-12(4-7-16-11)17-13(18)9-15(10-14(17)19)5-2-3-6-15/h11-12,16H,2-10H2,1H3. The van der Waals surface area contributed by atoms with Gasteiger partial charge in [0.05, 0.1) is 0 Å². The lowest BCUT2D eigenvalue weighted by Gasteiger charge is -2.43. The second-order valence-electron chi connectivity index (χ2n) is 6.75. The van der Waals surface area contributed by atoms with Crippen LogP contribution >= 0.6 is 0 Å². The highest BCUT2D eigenvalue weighted by molar-refractivity contribution is 5.99. The molecule has 2 unspecified atom stereocenters. The third kappa shape index (κ3) is 2.42. The molecule has 106 valence electrons. The lowest BCUT2D eigenvalue weighted by Crippen LogP contribution is -2.55. The average Bonchev–Trinajstić information content (AvgIpc) is 2.76. The molecular formula is C15H24N2O2. The lowest BCUT2D eigenvalue weighted by atomic mass is 9.75. The Balaban J connectivity index is 1.73. The van der Waals surface area contributed by atoms with Crippen LogP contribution in [0.5, 0.6) is 0 Å². The Morgan fingerprint density at radius 1 is 1.16 bits per heavy atom. The first-order chi connectivity index (χ1) is 9.10. The largest absolute Gasteiger partial charge is 0.314 e. The Hall–Kier alpha value is -0.900. The number of hydrogen-bond acceptors (Lipinski definition) is 3. The van der Waals surface area contributed by atoms with Gasteiger partial charge in [0.15, 0.2) is 0 Å². The highest BCUT2D eigenvalue weighted by Gasteiger charge is 2.47. The summed E-state index contributed by atoms with van der Waals surface area (Å²) < 4.78 is 0. The topological polar surface area (TPSA) is 49.4 Å². The summed E-state index contributed by atoms with van der Waals surface area (Å²) in [5.74, 6) is 0.189. The molecule has 1 spiro atoms. The minimum absolute atomic E-state index is 0.0310. The third-order valence-corrected chi connectivity index (χ3v) is 5.22. The van der Waals surface area contributed by atoms with Gasteiger partial charge < -0.3 is 5.32 Å². The van der Waals surface area contributed by atoms with Crippen LogP contribution in [-0.4, -0.2) is 35.3 Å². The molecule has 3 fully saturated rings. The van der Waals surface area contributed by atoms with E-state index in [0.717, 1.165) is 32.2 Å². The van der Waals surface area contributed by atoms with Gasteiger partial charge in [-0.3, -0.25) is 14.5 Å². The number of nitrogens with zero attached hydrogens (tertiary/aromatic N) is 1. The summed E-state index contributed by atoms with van der Waals surface area (Å²) in [6, 6.07) is 0.539. The van der Waals surface area contributed by atoms with Crippen molar-refractivity contribution >= 4 is 11.8 Å². The molecule has 2 amide bonds.